The summed E-state index contributed by atoms with van der Waals surface area (Å²) in [5.74, 6) is -0.160. The Kier molecular flexibility index (Phi) is 5.30. The summed E-state index contributed by atoms with van der Waals surface area (Å²) in [5, 5.41) is 0.0507. The molecule has 0 aliphatic rings. The molecule has 0 bridgehead atoms. The average molecular weight is 179 g/mol. The van der Waals surface area contributed by atoms with E-state index in [1.165, 1.54) is 0 Å². The Bertz CT molecular complexity index is 121. The van der Waals surface area contributed by atoms with E-state index >= 15 is 0 Å². The fourth-order valence-corrected chi connectivity index (χ4v) is 0.748. The van der Waals surface area contributed by atoms with Crippen molar-refractivity contribution in [3.63, 3.8) is 0 Å². The largest absolute Gasteiger partial charge is 0.463 e. The van der Waals surface area contributed by atoms with E-state index in [1.807, 2.05) is 20.8 Å². The normalized spacial score (nSPS) is 13.2. The summed E-state index contributed by atoms with van der Waals surface area (Å²) in [7, 11) is 0. The quantitative estimate of drug-likeness (QED) is 0.488. The van der Waals surface area contributed by atoms with Gasteiger partial charge in [0, 0.05) is 11.8 Å². The first-order valence-electron chi connectivity index (χ1n) is 3.86. The van der Waals surface area contributed by atoms with E-state index in [9.17, 15) is 4.79 Å². The second-order valence-corrected chi connectivity index (χ2v) is 3.60. The maximum absolute atomic E-state index is 10.9. The summed E-state index contributed by atoms with van der Waals surface area (Å²) >= 11 is 5.65. The summed E-state index contributed by atoms with van der Waals surface area (Å²) in [4.78, 5) is 10.9. The molecule has 0 aliphatic carbocycles. The zero-order chi connectivity index (χ0) is 8.85. The van der Waals surface area contributed by atoms with Gasteiger partial charge in [-0.15, -0.1) is 11.6 Å². The van der Waals surface area contributed by atoms with Gasteiger partial charge in [0.15, 0.2) is 0 Å². The molecule has 0 amide bonds. The zero-order valence-corrected chi connectivity index (χ0v) is 8.02. The molecule has 0 aromatic rings. The Labute approximate surface area is 72.9 Å². The minimum Gasteiger partial charge on any atom is -0.463 e. The molecule has 0 rings (SSSR count). The SMILES string of the molecule is CC(Cl)CCC(=O)OC(C)C. The number of halogens is 1. The number of rotatable bonds is 4. The standard InChI is InChI=1S/C8H15ClO2/c1-6(2)11-8(10)5-4-7(3)9/h6-7H,4-5H2,1-3H3. The van der Waals surface area contributed by atoms with E-state index < -0.39 is 0 Å². The van der Waals surface area contributed by atoms with Gasteiger partial charge in [-0.2, -0.15) is 0 Å². The lowest BCUT2D eigenvalue weighted by Gasteiger charge is -2.07. The molecule has 0 N–H and O–H groups in total. The lowest BCUT2D eigenvalue weighted by Crippen LogP contribution is -2.12. The molecule has 1 atom stereocenters. The molecular formula is C8H15ClO2. The predicted molar refractivity (Wildman–Crippen MR) is 45.8 cm³/mol. The van der Waals surface area contributed by atoms with Gasteiger partial charge in [-0.3, -0.25) is 4.79 Å². The van der Waals surface area contributed by atoms with Crippen molar-refractivity contribution in [2.75, 3.05) is 0 Å². The van der Waals surface area contributed by atoms with Crippen LogP contribution in [0.4, 0.5) is 0 Å². The van der Waals surface area contributed by atoms with Gasteiger partial charge in [0.2, 0.25) is 0 Å². The van der Waals surface area contributed by atoms with Crippen LogP contribution >= 0.6 is 11.6 Å². The van der Waals surface area contributed by atoms with Crippen molar-refractivity contribution in [2.24, 2.45) is 0 Å². The predicted octanol–water partition coefficient (Wildman–Crippen LogP) is 2.35. The molecule has 0 aromatic carbocycles. The molecule has 0 heterocycles. The number of carbonyl (C=O) groups is 1. The molecule has 66 valence electrons. The highest BCUT2D eigenvalue weighted by molar-refractivity contribution is 6.20. The molecule has 0 radical (unpaired) electrons. The van der Waals surface area contributed by atoms with Crippen LogP contribution in [0.15, 0.2) is 0 Å². The van der Waals surface area contributed by atoms with Crippen molar-refractivity contribution in [1.29, 1.82) is 0 Å². The Morgan fingerprint density at radius 1 is 1.45 bits per heavy atom. The van der Waals surface area contributed by atoms with Gasteiger partial charge >= 0.3 is 5.97 Å². The highest BCUT2D eigenvalue weighted by Gasteiger charge is 2.06. The Morgan fingerprint density at radius 2 is 2.00 bits per heavy atom. The van der Waals surface area contributed by atoms with E-state index in [0.29, 0.717) is 12.8 Å². The number of hydrogen-bond acceptors (Lipinski definition) is 2. The molecule has 0 aliphatic heterocycles. The first-order chi connectivity index (χ1) is 5.02. The first kappa shape index (κ1) is 10.8. The molecule has 0 saturated carbocycles. The Morgan fingerprint density at radius 3 is 2.36 bits per heavy atom. The number of carbonyl (C=O) groups excluding carboxylic acids is 1. The summed E-state index contributed by atoms with van der Waals surface area (Å²) < 4.78 is 4.90. The molecule has 0 fully saturated rings. The van der Waals surface area contributed by atoms with E-state index in [4.69, 9.17) is 16.3 Å². The third-order valence-corrected chi connectivity index (χ3v) is 1.33. The summed E-state index contributed by atoms with van der Waals surface area (Å²) in [5.41, 5.74) is 0. The summed E-state index contributed by atoms with van der Waals surface area (Å²) in [6.45, 7) is 5.54. The zero-order valence-electron chi connectivity index (χ0n) is 7.26. The van der Waals surface area contributed by atoms with Gasteiger partial charge in [0.25, 0.3) is 0 Å². The topological polar surface area (TPSA) is 26.3 Å². The smallest absolute Gasteiger partial charge is 0.306 e. The minimum absolute atomic E-state index is 0.0202. The molecule has 0 spiro atoms. The average Bonchev–Trinajstić information content (AvgIpc) is 1.82. The Balaban J connectivity index is 3.38. The van der Waals surface area contributed by atoms with Gasteiger partial charge in [0.05, 0.1) is 6.10 Å². The van der Waals surface area contributed by atoms with Gasteiger partial charge in [0.1, 0.15) is 0 Å². The number of hydrogen-bond donors (Lipinski definition) is 0. The molecule has 11 heavy (non-hydrogen) atoms. The van der Waals surface area contributed by atoms with Crippen LogP contribution in [0.1, 0.15) is 33.6 Å². The van der Waals surface area contributed by atoms with Crippen molar-refractivity contribution in [2.45, 2.75) is 45.1 Å². The maximum Gasteiger partial charge on any atom is 0.306 e. The maximum atomic E-state index is 10.9. The third-order valence-electron chi connectivity index (χ3n) is 1.11. The molecule has 3 heteroatoms. The second-order valence-electron chi connectivity index (χ2n) is 2.86. The van der Waals surface area contributed by atoms with Crippen LogP contribution < -0.4 is 0 Å². The van der Waals surface area contributed by atoms with Gasteiger partial charge in [-0.05, 0) is 27.2 Å². The van der Waals surface area contributed by atoms with Gasteiger partial charge < -0.3 is 4.74 Å². The number of ether oxygens (including phenoxy) is 1. The minimum atomic E-state index is -0.160. The molecule has 1 unspecified atom stereocenters. The number of alkyl halides is 1. The fraction of sp³-hybridized carbons (Fsp3) is 0.875. The van der Waals surface area contributed by atoms with Crippen LogP contribution in [0.5, 0.6) is 0 Å². The second kappa shape index (κ2) is 5.42. The summed E-state index contributed by atoms with van der Waals surface area (Å²) in [6, 6.07) is 0. The highest BCUT2D eigenvalue weighted by Crippen LogP contribution is 2.05. The van der Waals surface area contributed by atoms with Gasteiger partial charge in [-0.1, -0.05) is 0 Å². The third kappa shape index (κ3) is 7.66. The van der Waals surface area contributed by atoms with Crippen LogP contribution in [-0.2, 0) is 9.53 Å². The van der Waals surface area contributed by atoms with Crippen LogP contribution in [-0.4, -0.2) is 17.5 Å². The highest BCUT2D eigenvalue weighted by atomic mass is 35.5. The first-order valence-corrected chi connectivity index (χ1v) is 4.29. The van der Waals surface area contributed by atoms with E-state index in [1.54, 1.807) is 0 Å². The van der Waals surface area contributed by atoms with Crippen molar-refractivity contribution >= 4 is 17.6 Å². The van der Waals surface area contributed by atoms with Crippen LogP contribution in [0.25, 0.3) is 0 Å². The summed E-state index contributed by atoms with van der Waals surface area (Å²) in [6.07, 6.45) is 1.09. The molecular weight excluding hydrogens is 164 g/mol. The van der Waals surface area contributed by atoms with Crippen LogP contribution in [0.3, 0.4) is 0 Å². The van der Waals surface area contributed by atoms with Crippen LogP contribution in [0, 0.1) is 0 Å². The lowest BCUT2D eigenvalue weighted by molar-refractivity contribution is -0.147. The molecule has 0 saturated heterocycles. The fourth-order valence-electron chi connectivity index (χ4n) is 0.639. The van der Waals surface area contributed by atoms with Crippen molar-refractivity contribution in [3.05, 3.63) is 0 Å². The molecule has 2 nitrogen and oxygen atoms in total. The van der Waals surface area contributed by atoms with Crippen molar-refractivity contribution in [3.8, 4) is 0 Å². The monoisotopic (exact) mass is 178 g/mol. The van der Waals surface area contributed by atoms with Gasteiger partial charge in [-0.25, -0.2) is 0 Å². The Hall–Kier alpha value is -0.240. The van der Waals surface area contributed by atoms with E-state index in [2.05, 4.69) is 0 Å². The van der Waals surface area contributed by atoms with E-state index in [-0.39, 0.29) is 17.5 Å². The lowest BCUT2D eigenvalue weighted by atomic mass is 10.2. The van der Waals surface area contributed by atoms with Crippen LogP contribution in [0.2, 0.25) is 0 Å². The van der Waals surface area contributed by atoms with E-state index in [0.717, 1.165) is 0 Å². The van der Waals surface area contributed by atoms with Crippen molar-refractivity contribution in [1.82, 2.24) is 0 Å². The van der Waals surface area contributed by atoms with Crippen molar-refractivity contribution < 1.29 is 9.53 Å². The number of esters is 1. The molecule has 0 aromatic heterocycles.